The van der Waals surface area contributed by atoms with Gasteiger partial charge in [-0.15, -0.1) is 0 Å². The van der Waals surface area contributed by atoms with Crippen molar-refractivity contribution in [2.45, 2.75) is 25.7 Å². The second kappa shape index (κ2) is 10.8. The molecule has 0 bridgehead atoms. The summed E-state index contributed by atoms with van der Waals surface area (Å²) < 4.78 is 0. The van der Waals surface area contributed by atoms with Crippen molar-refractivity contribution < 1.29 is 9.59 Å². The van der Waals surface area contributed by atoms with Crippen LogP contribution >= 0.6 is 23.2 Å². The highest BCUT2D eigenvalue weighted by Gasteiger charge is 2.06. The summed E-state index contributed by atoms with van der Waals surface area (Å²) >= 11 is 11.8. The molecule has 4 nitrogen and oxygen atoms in total. The van der Waals surface area contributed by atoms with Crippen LogP contribution in [0.2, 0.25) is 10.0 Å². The zero-order valence-electron chi connectivity index (χ0n) is 14.4. The largest absolute Gasteiger partial charge is 0.356 e. The summed E-state index contributed by atoms with van der Waals surface area (Å²) in [4.78, 5) is 23.6. The van der Waals surface area contributed by atoms with Crippen molar-refractivity contribution in [2.75, 3.05) is 13.1 Å². The van der Waals surface area contributed by atoms with E-state index in [9.17, 15) is 9.59 Å². The second-order valence-corrected chi connectivity index (χ2v) is 6.83. The average molecular weight is 393 g/mol. The Labute approximate surface area is 163 Å². The number of benzene rings is 2. The van der Waals surface area contributed by atoms with E-state index in [-0.39, 0.29) is 24.7 Å². The van der Waals surface area contributed by atoms with Crippen molar-refractivity contribution in [3.05, 3.63) is 69.7 Å². The molecule has 0 aromatic heterocycles. The summed E-state index contributed by atoms with van der Waals surface area (Å²) in [5.41, 5.74) is 2.13. The van der Waals surface area contributed by atoms with Crippen LogP contribution in [0.15, 0.2) is 48.5 Å². The number of carbonyl (C=O) groups is 2. The lowest BCUT2D eigenvalue weighted by Gasteiger charge is -2.07. The fourth-order valence-electron chi connectivity index (χ4n) is 2.48. The van der Waals surface area contributed by atoms with Gasteiger partial charge in [0, 0.05) is 36.0 Å². The summed E-state index contributed by atoms with van der Waals surface area (Å²) in [5, 5.41) is 7.00. The molecule has 0 fully saturated rings. The average Bonchev–Trinajstić information content (AvgIpc) is 2.60. The number of hydrogen-bond acceptors (Lipinski definition) is 2. The third-order valence-corrected chi connectivity index (χ3v) is 4.30. The van der Waals surface area contributed by atoms with Gasteiger partial charge in [0.05, 0.1) is 0 Å². The zero-order valence-corrected chi connectivity index (χ0v) is 15.9. The first-order valence-electron chi connectivity index (χ1n) is 8.55. The summed E-state index contributed by atoms with van der Waals surface area (Å²) in [6.07, 6.45) is 1.77. The van der Waals surface area contributed by atoms with Gasteiger partial charge in [0.25, 0.3) is 0 Å². The van der Waals surface area contributed by atoms with Crippen LogP contribution in [-0.2, 0) is 22.4 Å². The van der Waals surface area contributed by atoms with Gasteiger partial charge < -0.3 is 10.6 Å². The van der Waals surface area contributed by atoms with Gasteiger partial charge in [-0.1, -0.05) is 47.5 Å². The van der Waals surface area contributed by atoms with Gasteiger partial charge >= 0.3 is 0 Å². The molecule has 2 amide bonds. The van der Waals surface area contributed by atoms with Crippen LogP contribution in [-0.4, -0.2) is 24.9 Å². The molecular weight excluding hydrogens is 371 g/mol. The highest BCUT2D eigenvalue weighted by atomic mass is 35.5. The second-order valence-electron chi connectivity index (χ2n) is 5.96. The molecule has 0 heterocycles. The monoisotopic (exact) mass is 392 g/mol. The number of nitrogens with one attached hydrogen (secondary N) is 2. The van der Waals surface area contributed by atoms with Crippen molar-refractivity contribution in [1.82, 2.24) is 10.6 Å². The predicted octanol–water partition coefficient (Wildman–Crippen LogP) is 3.79. The molecule has 0 saturated heterocycles. The molecule has 0 aliphatic carbocycles. The lowest BCUT2D eigenvalue weighted by atomic mass is 10.1. The molecule has 0 spiro atoms. The maximum absolute atomic E-state index is 11.8. The van der Waals surface area contributed by atoms with E-state index in [1.165, 1.54) is 0 Å². The number of halogens is 2. The Morgan fingerprint density at radius 2 is 1.15 bits per heavy atom. The fourth-order valence-corrected chi connectivity index (χ4v) is 2.91. The number of rotatable bonds is 9. The Hall–Kier alpha value is -2.04. The Kier molecular flexibility index (Phi) is 8.45. The minimum Gasteiger partial charge on any atom is -0.356 e. The Morgan fingerprint density at radius 1 is 0.731 bits per heavy atom. The molecule has 138 valence electrons. The number of hydrogen-bond donors (Lipinski definition) is 2. The van der Waals surface area contributed by atoms with E-state index in [4.69, 9.17) is 23.2 Å². The van der Waals surface area contributed by atoms with Crippen molar-refractivity contribution in [3.8, 4) is 0 Å². The van der Waals surface area contributed by atoms with Gasteiger partial charge in [-0.2, -0.15) is 0 Å². The maximum atomic E-state index is 11.8. The van der Waals surface area contributed by atoms with Gasteiger partial charge in [-0.25, -0.2) is 0 Å². The zero-order chi connectivity index (χ0) is 18.8. The molecule has 0 radical (unpaired) electrons. The first-order chi connectivity index (χ1) is 12.5. The van der Waals surface area contributed by atoms with Gasteiger partial charge in [0.2, 0.25) is 11.8 Å². The first kappa shape index (κ1) is 20.3. The Morgan fingerprint density at radius 3 is 1.54 bits per heavy atom. The molecule has 0 atom stereocenters. The molecule has 0 saturated carbocycles. The third-order valence-electron chi connectivity index (χ3n) is 3.83. The highest BCUT2D eigenvalue weighted by Crippen LogP contribution is 2.11. The van der Waals surface area contributed by atoms with E-state index in [1.807, 2.05) is 48.5 Å². The van der Waals surface area contributed by atoms with E-state index < -0.39 is 0 Å². The SMILES string of the molecule is O=C(CCC(=O)NCCc1cccc(Cl)c1)NCCc1cccc(Cl)c1. The lowest BCUT2D eigenvalue weighted by molar-refractivity contribution is -0.126. The highest BCUT2D eigenvalue weighted by molar-refractivity contribution is 6.30. The van der Waals surface area contributed by atoms with Crippen LogP contribution in [0.3, 0.4) is 0 Å². The van der Waals surface area contributed by atoms with Crippen LogP contribution in [0.25, 0.3) is 0 Å². The molecule has 2 aromatic rings. The molecule has 0 aliphatic heterocycles. The van der Waals surface area contributed by atoms with Crippen LogP contribution in [0.5, 0.6) is 0 Å². The first-order valence-corrected chi connectivity index (χ1v) is 9.31. The van der Waals surface area contributed by atoms with Gasteiger partial charge in [-0.3, -0.25) is 9.59 Å². The Bertz CT molecular complexity index is 687. The van der Waals surface area contributed by atoms with Crippen molar-refractivity contribution in [2.24, 2.45) is 0 Å². The molecule has 26 heavy (non-hydrogen) atoms. The van der Waals surface area contributed by atoms with Gasteiger partial charge in [0.15, 0.2) is 0 Å². The summed E-state index contributed by atoms with van der Waals surface area (Å²) in [5.74, 6) is -0.256. The normalized spacial score (nSPS) is 10.4. The van der Waals surface area contributed by atoms with E-state index in [0.717, 1.165) is 11.1 Å². The summed E-state index contributed by atoms with van der Waals surface area (Å²) in [7, 11) is 0. The van der Waals surface area contributed by atoms with Crippen molar-refractivity contribution in [1.29, 1.82) is 0 Å². The predicted molar refractivity (Wildman–Crippen MR) is 106 cm³/mol. The number of carbonyl (C=O) groups excluding carboxylic acids is 2. The van der Waals surface area contributed by atoms with Crippen LogP contribution < -0.4 is 10.6 Å². The molecule has 0 unspecified atom stereocenters. The van der Waals surface area contributed by atoms with E-state index in [0.29, 0.717) is 36.0 Å². The van der Waals surface area contributed by atoms with Gasteiger partial charge in [-0.05, 0) is 48.2 Å². The minimum absolute atomic E-state index is 0.128. The molecule has 2 aromatic carbocycles. The fraction of sp³-hybridized carbons (Fsp3) is 0.300. The maximum Gasteiger partial charge on any atom is 0.220 e. The summed E-state index contributed by atoms with van der Waals surface area (Å²) in [6.45, 7) is 1.05. The van der Waals surface area contributed by atoms with E-state index in [2.05, 4.69) is 10.6 Å². The molecule has 2 rings (SSSR count). The third kappa shape index (κ3) is 7.89. The quantitative estimate of drug-likeness (QED) is 0.681. The smallest absolute Gasteiger partial charge is 0.220 e. The van der Waals surface area contributed by atoms with Gasteiger partial charge in [0.1, 0.15) is 0 Å². The Balaban J connectivity index is 1.57. The number of amides is 2. The molecular formula is C20H22Cl2N2O2. The molecule has 6 heteroatoms. The van der Waals surface area contributed by atoms with Crippen molar-refractivity contribution in [3.63, 3.8) is 0 Å². The van der Waals surface area contributed by atoms with Crippen molar-refractivity contribution >= 4 is 35.0 Å². The molecule has 2 N–H and O–H groups in total. The lowest BCUT2D eigenvalue weighted by Crippen LogP contribution is -2.29. The van der Waals surface area contributed by atoms with Crippen LogP contribution in [0, 0.1) is 0 Å². The van der Waals surface area contributed by atoms with E-state index >= 15 is 0 Å². The standard InChI is InChI=1S/C20H22Cl2N2O2/c21-17-5-1-3-15(13-17)9-11-23-19(25)7-8-20(26)24-12-10-16-4-2-6-18(22)14-16/h1-6,13-14H,7-12H2,(H,23,25)(H,24,26). The topological polar surface area (TPSA) is 58.2 Å². The minimum atomic E-state index is -0.128. The van der Waals surface area contributed by atoms with E-state index in [1.54, 1.807) is 0 Å². The van der Waals surface area contributed by atoms with Crippen LogP contribution in [0.1, 0.15) is 24.0 Å². The van der Waals surface area contributed by atoms with Crippen LogP contribution in [0.4, 0.5) is 0 Å². The summed E-state index contributed by atoms with van der Waals surface area (Å²) in [6, 6.07) is 15.1. The molecule has 0 aliphatic rings.